The van der Waals surface area contributed by atoms with E-state index in [2.05, 4.69) is 34.9 Å². The smallest absolute Gasteiger partial charge is 0.245 e. The average Bonchev–Trinajstić information content (AvgIpc) is 3.47. The Morgan fingerprint density at radius 1 is 1.08 bits per heavy atom. The molecule has 0 bridgehead atoms. The van der Waals surface area contributed by atoms with Crippen LogP contribution in [0.15, 0.2) is 18.7 Å². The van der Waals surface area contributed by atoms with Crippen LogP contribution in [-0.2, 0) is 19.5 Å². The van der Waals surface area contributed by atoms with Gasteiger partial charge in [0.05, 0.1) is 19.2 Å². The third kappa shape index (κ3) is 5.11. The molecule has 5 rings (SSSR count). The zero-order chi connectivity index (χ0) is 27.8. The molecule has 1 saturated carbocycles. The molecule has 39 heavy (non-hydrogen) atoms. The fraction of sp³-hybridized carbons (Fsp3) is 0.565. The minimum atomic E-state index is -4.13. The van der Waals surface area contributed by atoms with Gasteiger partial charge in [0.1, 0.15) is 23.5 Å². The lowest BCUT2D eigenvalue weighted by atomic mass is 9.93. The normalized spacial score (nSPS) is 19.9. The minimum Gasteiger partial charge on any atom is -0.479 e. The summed E-state index contributed by atoms with van der Waals surface area (Å²) < 4.78 is 53.5. The molecule has 2 fully saturated rings. The molecule has 0 radical (unpaired) electrons. The lowest BCUT2D eigenvalue weighted by Gasteiger charge is -2.24. The molecule has 1 spiro atoms. The predicted octanol–water partition coefficient (Wildman–Crippen LogP) is 2.32. The Bertz CT molecular complexity index is 1410. The van der Waals surface area contributed by atoms with E-state index in [1.807, 2.05) is 0 Å². The molecule has 4 heterocycles. The zero-order valence-corrected chi connectivity index (χ0v) is 23.4. The summed E-state index contributed by atoms with van der Waals surface area (Å²) in [5.41, 5.74) is 0.293. The van der Waals surface area contributed by atoms with E-state index in [0.29, 0.717) is 24.1 Å². The Hall–Kier alpha value is -3.14. The van der Waals surface area contributed by atoms with E-state index in [1.165, 1.54) is 47.0 Å². The van der Waals surface area contributed by atoms with Crippen LogP contribution in [0.2, 0.25) is 5.02 Å². The van der Waals surface area contributed by atoms with Gasteiger partial charge in [0, 0.05) is 38.6 Å². The van der Waals surface area contributed by atoms with Crippen molar-refractivity contribution in [3.05, 3.63) is 35.4 Å². The van der Waals surface area contributed by atoms with Gasteiger partial charge in [0.15, 0.2) is 11.5 Å². The number of anilines is 1. The summed E-state index contributed by atoms with van der Waals surface area (Å²) in [6.07, 6.45) is 5.67. The van der Waals surface area contributed by atoms with Crippen LogP contribution in [0.5, 0.6) is 11.8 Å². The standard InChI is InChI=1S/C23H29ClN8O6S/c1-13(17(35-2)18-25-10-14(24)11-26-18)39(33,34)31-22-30-29-19(15-9-23(15)5-7-38-8-6-23)32(22)16-20(36-3)27-12-28-21(16)37-4/h10-13,15,17H,5-9H2,1-4H3,(H,30,31)/t13-,15+,17-/m0/s1. The highest BCUT2D eigenvalue weighted by atomic mass is 35.5. The van der Waals surface area contributed by atoms with Gasteiger partial charge < -0.3 is 18.9 Å². The summed E-state index contributed by atoms with van der Waals surface area (Å²) in [4.78, 5) is 16.7. The maximum Gasteiger partial charge on any atom is 0.245 e. The van der Waals surface area contributed by atoms with Crippen LogP contribution in [-0.4, -0.2) is 82.9 Å². The lowest BCUT2D eigenvalue weighted by Crippen LogP contribution is -2.33. The highest BCUT2D eigenvalue weighted by Gasteiger charge is 2.57. The Kier molecular flexibility index (Phi) is 7.59. The first kappa shape index (κ1) is 27.4. The van der Waals surface area contributed by atoms with Crippen LogP contribution >= 0.6 is 11.6 Å². The van der Waals surface area contributed by atoms with Crippen LogP contribution in [0, 0.1) is 5.41 Å². The van der Waals surface area contributed by atoms with Crippen molar-refractivity contribution in [2.45, 2.75) is 43.5 Å². The van der Waals surface area contributed by atoms with Gasteiger partial charge in [0.2, 0.25) is 27.7 Å². The molecule has 16 heteroatoms. The Morgan fingerprint density at radius 3 is 2.31 bits per heavy atom. The quantitative estimate of drug-likeness (QED) is 0.372. The highest BCUT2D eigenvalue weighted by molar-refractivity contribution is 7.93. The maximum absolute atomic E-state index is 13.7. The van der Waals surface area contributed by atoms with Gasteiger partial charge in [-0.25, -0.2) is 18.4 Å². The third-order valence-corrected chi connectivity index (χ3v) is 9.23. The fourth-order valence-corrected chi connectivity index (χ4v) is 6.28. The van der Waals surface area contributed by atoms with Gasteiger partial charge in [-0.15, -0.1) is 10.2 Å². The SMILES string of the molecule is COc1ncnc(OC)c1-n1c(NS(=O)(=O)[C@@H](C)[C@H](OC)c2ncc(Cl)cn2)nnc1[C@H]1CC12CCOCC2. The molecule has 14 nitrogen and oxygen atoms in total. The van der Waals surface area contributed by atoms with Crippen LogP contribution in [0.3, 0.4) is 0 Å². The molecule has 1 N–H and O–H groups in total. The summed E-state index contributed by atoms with van der Waals surface area (Å²) in [6.45, 7) is 2.81. The average molecular weight is 581 g/mol. The number of sulfonamides is 1. The summed E-state index contributed by atoms with van der Waals surface area (Å²) in [6, 6.07) is 0. The van der Waals surface area contributed by atoms with Crippen molar-refractivity contribution in [3.63, 3.8) is 0 Å². The van der Waals surface area contributed by atoms with Crippen LogP contribution in [0.4, 0.5) is 5.95 Å². The second-order valence-electron chi connectivity index (χ2n) is 9.46. The number of aromatic nitrogens is 7. The van der Waals surface area contributed by atoms with Crippen LogP contribution in [0.25, 0.3) is 5.69 Å². The molecule has 3 atom stereocenters. The van der Waals surface area contributed by atoms with E-state index in [1.54, 1.807) is 4.57 Å². The topological polar surface area (TPSA) is 165 Å². The number of hydrogen-bond donors (Lipinski definition) is 1. The van der Waals surface area contributed by atoms with Crippen molar-refractivity contribution in [3.8, 4) is 17.4 Å². The van der Waals surface area contributed by atoms with Crippen LogP contribution < -0.4 is 14.2 Å². The molecule has 0 unspecified atom stereocenters. The minimum absolute atomic E-state index is 0.00957. The van der Waals surface area contributed by atoms with Crippen molar-refractivity contribution in [2.24, 2.45) is 5.41 Å². The molecule has 1 aliphatic heterocycles. The van der Waals surface area contributed by atoms with Gasteiger partial charge in [-0.1, -0.05) is 11.6 Å². The highest BCUT2D eigenvalue weighted by Crippen LogP contribution is 2.64. The number of methoxy groups -OCH3 is 3. The Morgan fingerprint density at radius 2 is 1.72 bits per heavy atom. The van der Waals surface area contributed by atoms with Gasteiger partial charge in [-0.3, -0.25) is 9.29 Å². The van der Waals surface area contributed by atoms with Gasteiger partial charge in [-0.05, 0) is 31.6 Å². The Balaban J connectivity index is 1.56. The second-order valence-corrected chi connectivity index (χ2v) is 11.9. The van der Waals surface area contributed by atoms with Crippen molar-refractivity contribution in [2.75, 3.05) is 39.3 Å². The number of ether oxygens (including phenoxy) is 4. The van der Waals surface area contributed by atoms with Crippen molar-refractivity contribution < 1.29 is 27.4 Å². The molecule has 0 aromatic carbocycles. The number of hydrogen-bond acceptors (Lipinski definition) is 12. The lowest BCUT2D eigenvalue weighted by molar-refractivity contribution is 0.0553. The molecule has 3 aromatic rings. The molecular weight excluding hydrogens is 552 g/mol. The number of nitrogens with zero attached hydrogens (tertiary/aromatic N) is 7. The number of halogens is 1. The number of rotatable bonds is 10. The van der Waals surface area contributed by atoms with Gasteiger partial charge >= 0.3 is 0 Å². The van der Waals surface area contributed by atoms with E-state index in [4.69, 9.17) is 30.5 Å². The number of nitrogens with one attached hydrogen (secondary N) is 1. The molecular formula is C23H29ClN8O6S. The third-order valence-electron chi connectivity index (χ3n) is 7.34. The van der Waals surface area contributed by atoms with Crippen molar-refractivity contribution >= 4 is 27.6 Å². The van der Waals surface area contributed by atoms with E-state index < -0.39 is 21.4 Å². The Labute approximate surface area is 230 Å². The largest absolute Gasteiger partial charge is 0.479 e. The van der Waals surface area contributed by atoms with E-state index in [-0.39, 0.29) is 40.6 Å². The first-order valence-electron chi connectivity index (χ1n) is 12.2. The monoisotopic (exact) mass is 580 g/mol. The maximum atomic E-state index is 13.7. The first-order chi connectivity index (χ1) is 18.7. The van der Waals surface area contributed by atoms with Crippen LogP contribution in [0.1, 0.15) is 49.9 Å². The summed E-state index contributed by atoms with van der Waals surface area (Å²) in [5, 5.41) is 7.88. The molecule has 2 aliphatic rings. The molecule has 210 valence electrons. The summed E-state index contributed by atoms with van der Waals surface area (Å²) in [5.74, 6) is 1.02. The van der Waals surface area contributed by atoms with Crippen molar-refractivity contribution in [1.29, 1.82) is 0 Å². The predicted molar refractivity (Wildman–Crippen MR) is 139 cm³/mol. The van der Waals surface area contributed by atoms with E-state index in [0.717, 1.165) is 19.3 Å². The zero-order valence-electron chi connectivity index (χ0n) is 21.9. The van der Waals surface area contributed by atoms with E-state index in [9.17, 15) is 8.42 Å². The molecule has 1 aliphatic carbocycles. The van der Waals surface area contributed by atoms with Crippen molar-refractivity contribution in [1.82, 2.24) is 34.7 Å². The fourth-order valence-electron chi connectivity index (χ4n) is 5.05. The molecule has 0 amide bonds. The summed E-state index contributed by atoms with van der Waals surface area (Å²) >= 11 is 5.90. The van der Waals surface area contributed by atoms with Gasteiger partial charge in [0.25, 0.3) is 0 Å². The summed E-state index contributed by atoms with van der Waals surface area (Å²) in [7, 11) is 0.154. The second kappa shape index (κ2) is 10.8. The molecule has 1 saturated heterocycles. The van der Waals surface area contributed by atoms with Gasteiger partial charge in [-0.2, -0.15) is 9.97 Å². The first-order valence-corrected chi connectivity index (χ1v) is 14.2. The van der Waals surface area contributed by atoms with E-state index >= 15 is 0 Å². The molecule has 3 aromatic heterocycles.